The lowest BCUT2D eigenvalue weighted by molar-refractivity contribution is -0.117. The Labute approximate surface area is 134 Å². The minimum atomic E-state index is -0.266. The number of benzene rings is 1. The maximum absolute atomic E-state index is 12.3. The Kier molecular flexibility index (Phi) is 4.10. The van der Waals surface area contributed by atoms with E-state index >= 15 is 0 Å². The SMILES string of the molecule is O=C(NCC1(CO)CC1)c1cc(N2CCCC2=O)ccc1Cl. The third-order valence-electron chi connectivity index (χ3n) is 4.50. The summed E-state index contributed by atoms with van der Waals surface area (Å²) in [6, 6.07) is 5.08. The van der Waals surface area contributed by atoms with Crippen molar-refractivity contribution in [3.8, 4) is 0 Å². The topological polar surface area (TPSA) is 69.6 Å². The number of rotatable bonds is 5. The van der Waals surface area contributed by atoms with E-state index in [9.17, 15) is 14.7 Å². The number of anilines is 1. The lowest BCUT2D eigenvalue weighted by atomic mass is 10.1. The Hall–Kier alpha value is -1.59. The van der Waals surface area contributed by atoms with Gasteiger partial charge in [0.2, 0.25) is 5.91 Å². The molecule has 2 fully saturated rings. The first-order chi connectivity index (χ1) is 10.5. The molecule has 0 bridgehead atoms. The largest absolute Gasteiger partial charge is 0.396 e. The quantitative estimate of drug-likeness (QED) is 0.870. The average molecular weight is 323 g/mol. The molecule has 0 atom stereocenters. The Morgan fingerprint density at radius 1 is 1.41 bits per heavy atom. The number of hydrogen-bond donors (Lipinski definition) is 2. The number of nitrogens with one attached hydrogen (secondary N) is 1. The molecule has 22 heavy (non-hydrogen) atoms. The van der Waals surface area contributed by atoms with E-state index in [0.29, 0.717) is 35.8 Å². The zero-order chi connectivity index (χ0) is 15.7. The lowest BCUT2D eigenvalue weighted by Gasteiger charge is -2.18. The van der Waals surface area contributed by atoms with Crippen LogP contribution in [0.25, 0.3) is 0 Å². The van der Waals surface area contributed by atoms with Gasteiger partial charge in [0.25, 0.3) is 5.91 Å². The predicted molar refractivity (Wildman–Crippen MR) is 84.1 cm³/mol. The molecule has 118 valence electrons. The normalized spacial score (nSPS) is 19.4. The van der Waals surface area contributed by atoms with Crippen LogP contribution in [0.5, 0.6) is 0 Å². The molecular weight excluding hydrogens is 304 g/mol. The van der Waals surface area contributed by atoms with Crippen molar-refractivity contribution in [2.45, 2.75) is 25.7 Å². The summed E-state index contributed by atoms with van der Waals surface area (Å²) in [7, 11) is 0. The van der Waals surface area contributed by atoms with Gasteiger partial charge in [0, 0.05) is 30.6 Å². The molecule has 2 N–H and O–H groups in total. The van der Waals surface area contributed by atoms with E-state index in [1.54, 1.807) is 23.1 Å². The Morgan fingerprint density at radius 2 is 2.18 bits per heavy atom. The van der Waals surface area contributed by atoms with Crippen molar-refractivity contribution in [1.82, 2.24) is 5.32 Å². The van der Waals surface area contributed by atoms with Gasteiger partial charge in [0.1, 0.15) is 0 Å². The van der Waals surface area contributed by atoms with Crippen LogP contribution in [-0.4, -0.2) is 36.6 Å². The van der Waals surface area contributed by atoms with Gasteiger partial charge in [-0.1, -0.05) is 11.6 Å². The highest BCUT2D eigenvalue weighted by atomic mass is 35.5. The first-order valence-corrected chi connectivity index (χ1v) is 7.91. The van der Waals surface area contributed by atoms with E-state index in [0.717, 1.165) is 19.3 Å². The molecule has 1 saturated heterocycles. The monoisotopic (exact) mass is 322 g/mol. The van der Waals surface area contributed by atoms with E-state index in [4.69, 9.17) is 11.6 Å². The molecular formula is C16H19ClN2O3. The fourth-order valence-electron chi connectivity index (χ4n) is 2.71. The van der Waals surface area contributed by atoms with Crippen LogP contribution in [0.4, 0.5) is 5.69 Å². The van der Waals surface area contributed by atoms with Crippen molar-refractivity contribution in [2.75, 3.05) is 24.6 Å². The second-order valence-corrected chi connectivity index (χ2v) is 6.56. The van der Waals surface area contributed by atoms with Crippen molar-refractivity contribution in [3.63, 3.8) is 0 Å². The second kappa shape index (κ2) is 5.89. The van der Waals surface area contributed by atoms with Gasteiger partial charge in [0.05, 0.1) is 17.2 Å². The van der Waals surface area contributed by atoms with Gasteiger partial charge in [-0.15, -0.1) is 0 Å². The van der Waals surface area contributed by atoms with Gasteiger partial charge < -0.3 is 15.3 Å². The van der Waals surface area contributed by atoms with E-state index in [-0.39, 0.29) is 23.8 Å². The number of hydrogen-bond acceptors (Lipinski definition) is 3. The number of halogens is 1. The summed E-state index contributed by atoms with van der Waals surface area (Å²) < 4.78 is 0. The number of aliphatic hydroxyl groups excluding tert-OH is 1. The van der Waals surface area contributed by atoms with E-state index < -0.39 is 0 Å². The summed E-state index contributed by atoms with van der Waals surface area (Å²) >= 11 is 6.12. The summed E-state index contributed by atoms with van der Waals surface area (Å²) in [4.78, 5) is 25.8. The maximum Gasteiger partial charge on any atom is 0.252 e. The van der Waals surface area contributed by atoms with Gasteiger partial charge in [-0.25, -0.2) is 0 Å². The number of amides is 2. The van der Waals surface area contributed by atoms with Crippen LogP contribution in [0.1, 0.15) is 36.0 Å². The molecule has 3 rings (SSSR count). The van der Waals surface area contributed by atoms with Crippen LogP contribution < -0.4 is 10.2 Å². The van der Waals surface area contributed by atoms with Crippen LogP contribution in [0, 0.1) is 5.41 Å². The van der Waals surface area contributed by atoms with Crippen LogP contribution in [0.2, 0.25) is 5.02 Å². The highest BCUT2D eigenvalue weighted by molar-refractivity contribution is 6.34. The molecule has 0 spiro atoms. The molecule has 0 aromatic heterocycles. The van der Waals surface area contributed by atoms with E-state index in [1.165, 1.54) is 0 Å². The maximum atomic E-state index is 12.3. The average Bonchev–Trinajstić information content (AvgIpc) is 3.19. The number of carbonyl (C=O) groups excluding carboxylic acids is 2. The smallest absolute Gasteiger partial charge is 0.252 e. The highest BCUT2D eigenvalue weighted by Gasteiger charge is 2.42. The van der Waals surface area contributed by atoms with E-state index in [2.05, 4.69) is 5.32 Å². The van der Waals surface area contributed by atoms with Gasteiger partial charge >= 0.3 is 0 Å². The second-order valence-electron chi connectivity index (χ2n) is 6.15. The van der Waals surface area contributed by atoms with Crippen LogP contribution in [0.3, 0.4) is 0 Å². The molecule has 2 amide bonds. The summed E-state index contributed by atoms with van der Waals surface area (Å²) in [5, 5.41) is 12.5. The molecule has 1 heterocycles. The first kappa shape index (κ1) is 15.3. The molecule has 1 saturated carbocycles. The Morgan fingerprint density at radius 3 is 2.77 bits per heavy atom. The lowest BCUT2D eigenvalue weighted by Crippen LogP contribution is -2.32. The van der Waals surface area contributed by atoms with Gasteiger partial charge in [0.15, 0.2) is 0 Å². The first-order valence-electron chi connectivity index (χ1n) is 7.54. The molecule has 1 aliphatic carbocycles. The highest BCUT2D eigenvalue weighted by Crippen LogP contribution is 2.44. The summed E-state index contributed by atoms with van der Waals surface area (Å²) in [5.41, 5.74) is 0.929. The van der Waals surface area contributed by atoms with Crippen LogP contribution in [-0.2, 0) is 4.79 Å². The molecule has 0 radical (unpaired) electrons. The molecule has 1 aromatic carbocycles. The van der Waals surface area contributed by atoms with Crippen molar-refractivity contribution >= 4 is 29.1 Å². The number of nitrogens with zero attached hydrogens (tertiary/aromatic N) is 1. The van der Waals surface area contributed by atoms with Gasteiger partial charge in [-0.05, 0) is 37.5 Å². The number of carbonyl (C=O) groups is 2. The molecule has 0 unspecified atom stereocenters. The zero-order valence-electron chi connectivity index (χ0n) is 12.3. The van der Waals surface area contributed by atoms with Crippen LogP contribution in [0.15, 0.2) is 18.2 Å². The van der Waals surface area contributed by atoms with Crippen LogP contribution >= 0.6 is 11.6 Å². The third-order valence-corrected chi connectivity index (χ3v) is 4.83. The van der Waals surface area contributed by atoms with Gasteiger partial charge in [-0.2, -0.15) is 0 Å². The number of aliphatic hydroxyl groups is 1. The van der Waals surface area contributed by atoms with Crippen molar-refractivity contribution < 1.29 is 14.7 Å². The summed E-state index contributed by atoms with van der Waals surface area (Å²) in [6.07, 6.45) is 3.24. The Balaban J connectivity index is 1.74. The Bertz CT molecular complexity index is 613. The molecule has 1 aliphatic heterocycles. The fraction of sp³-hybridized carbons (Fsp3) is 0.500. The van der Waals surface area contributed by atoms with Gasteiger partial charge in [-0.3, -0.25) is 9.59 Å². The summed E-state index contributed by atoms with van der Waals surface area (Å²) in [6.45, 7) is 1.21. The predicted octanol–water partition coefficient (Wildman–Crippen LogP) is 1.97. The zero-order valence-corrected chi connectivity index (χ0v) is 13.0. The van der Waals surface area contributed by atoms with Crippen molar-refractivity contribution in [3.05, 3.63) is 28.8 Å². The van der Waals surface area contributed by atoms with E-state index in [1.807, 2.05) is 0 Å². The minimum absolute atomic E-state index is 0.0749. The van der Waals surface area contributed by atoms with Crippen molar-refractivity contribution in [2.24, 2.45) is 5.41 Å². The summed E-state index contributed by atoms with van der Waals surface area (Å²) in [5.74, 6) is -0.191. The fourth-order valence-corrected chi connectivity index (χ4v) is 2.91. The standard InChI is InChI=1S/C16H19ClN2O3/c17-13-4-3-11(19-7-1-2-14(19)21)8-12(13)15(22)18-9-16(10-20)5-6-16/h3-4,8,20H,1-2,5-7,9-10H2,(H,18,22). The third kappa shape index (κ3) is 2.96. The minimum Gasteiger partial charge on any atom is -0.396 e. The van der Waals surface area contributed by atoms with Crippen molar-refractivity contribution in [1.29, 1.82) is 0 Å². The molecule has 5 nitrogen and oxygen atoms in total. The molecule has 2 aliphatic rings. The molecule has 1 aromatic rings. The molecule has 6 heteroatoms.